The largest absolute Gasteiger partial charge is 0.481 e. The number of hydrogen-bond acceptors (Lipinski definition) is 2. The Balaban J connectivity index is 3.00. The Hall–Kier alpha value is -1.06. The van der Waals surface area contributed by atoms with Crippen LogP contribution in [0.1, 0.15) is 16.8 Å². The van der Waals surface area contributed by atoms with Gasteiger partial charge in [-0.25, -0.2) is 0 Å². The Bertz CT molecular complexity index is 388. The molecular formula is C9H6Cl2O3. The van der Waals surface area contributed by atoms with E-state index in [1.807, 2.05) is 0 Å². The molecule has 5 heteroatoms. The van der Waals surface area contributed by atoms with Crippen LogP contribution in [0.25, 0.3) is 0 Å². The number of halogens is 2. The van der Waals surface area contributed by atoms with Crippen LogP contribution in [0, 0.1) is 0 Å². The molecule has 0 fully saturated rings. The van der Waals surface area contributed by atoms with Crippen molar-refractivity contribution in [1.82, 2.24) is 0 Å². The number of Topliss-reactive ketones (excluding diaryl/α,β-unsaturated/α-hetero) is 1. The van der Waals surface area contributed by atoms with Crippen LogP contribution >= 0.6 is 23.2 Å². The first kappa shape index (κ1) is 11.0. The van der Waals surface area contributed by atoms with Gasteiger partial charge < -0.3 is 5.11 Å². The number of aliphatic carboxylic acids is 1. The summed E-state index contributed by atoms with van der Waals surface area (Å²) in [6.45, 7) is 0. The maximum atomic E-state index is 11.3. The van der Waals surface area contributed by atoms with Crippen LogP contribution in [0.2, 0.25) is 10.0 Å². The molecule has 74 valence electrons. The standard InChI is InChI=1S/C9H6Cl2O3/c10-5-1-2-7(11)6(3-5)8(12)4-9(13)14/h1-3H,4H2,(H,13,14). The van der Waals surface area contributed by atoms with E-state index in [1.165, 1.54) is 18.2 Å². The van der Waals surface area contributed by atoms with E-state index in [0.717, 1.165) is 0 Å². The van der Waals surface area contributed by atoms with Crippen molar-refractivity contribution in [2.75, 3.05) is 0 Å². The summed E-state index contributed by atoms with van der Waals surface area (Å²) in [5, 5.41) is 8.97. The van der Waals surface area contributed by atoms with Gasteiger partial charge in [0.15, 0.2) is 5.78 Å². The first-order valence-corrected chi connectivity index (χ1v) is 4.46. The summed E-state index contributed by atoms with van der Waals surface area (Å²) in [7, 11) is 0. The average molecular weight is 233 g/mol. The SMILES string of the molecule is O=C(O)CC(=O)c1cc(Cl)ccc1Cl. The summed E-state index contributed by atoms with van der Waals surface area (Å²) in [4.78, 5) is 21.6. The van der Waals surface area contributed by atoms with Crippen LogP contribution in [0.3, 0.4) is 0 Å². The lowest BCUT2D eigenvalue weighted by molar-refractivity contribution is -0.135. The van der Waals surface area contributed by atoms with Crippen molar-refractivity contribution in [1.29, 1.82) is 0 Å². The molecule has 0 aliphatic rings. The first-order valence-electron chi connectivity index (χ1n) is 3.70. The molecule has 0 amide bonds. The van der Waals surface area contributed by atoms with Crippen molar-refractivity contribution in [3.05, 3.63) is 33.8 Å². The third kappa shape index (κ3) is 2.72. The molecule has 0 saturated carbocycles. The molecule has 14 heavy (non-hydrogen) atoms. The molecule has 0 heterocycles. The van der Waals surface area contributed by atoms with Crippen LogP contribution in [-0.2, 0) is 4.79 Å². The van der Waals surface area contributed by atoms with Gasteiger partial charge in [-0.15, -0.1) is 0 Å². The summed E-state index contributed by atoms with van der Waals surface area (Å²) in [6.07, 6.45) is -0.583. The monoisotopic (exact) mass is 232 g/mol. The Morgan fingerprint density at radius 1 is 1.29 bits per heavy atom. The fraction of sp³-hybridized carbons (Fsp3) is 0.111. The highest BCUT2D eigenvalue weighted by Crippen LogP contribution is 2.21. The lowest BCUT2D eigenvalue weighted by Gasteiger charge is -2.01. The Labute approximate surface area is 90.3 Å². The van der Waals surface area contributed by atoms with Crippen LogP contribution in [-0.4, -0.2) is 16.9 Å². The molecule has 0 radical (unpaired) electrons. The quantitative estimate of drug-likeness (QED) is 0.644. The lowest BCUT2D eigenvalue weighted by Crippen LogP contribution is -2.07. The zero-order valence-corrected chi connectivity index (χ0v) is 8.47. The van der Waals surface area contributed by atoms with Crippen LogP contribution in [0.5, 0.6) is 0 Å². The molecule has 3 nitrogen and oxygen atoms in total. The van der Waals surface area contributed by atoms with Gasteiger partial charge in [-0.2, -0.15) is 0 Å². The summed E-state index contributed by atoms with van der Waals surface area (Å²) < 4.78 is 0. The summed E-state index contributed by atoms with van der Waals surface area (Å²) in [6, 6.07) is 4.34. The van der Waals surface area contributed by atoms with Gasteiger partial charge in [0.2, 0.25) is 0 Å². The van der Waals surface area contributed by atoms with Crippen LogP contribution < -0.4 is 0 Å². The molecule has 0 aliphatic carbocycles. The highest BCUT2D eigenvalue weighted by atomic mass is 35.5. The molecule has 0 aromatic heterocycles. The molecule has 1 aromatic carbocycles. The predicted molar refractivity (Wildman–Crippen MR) is 53.0 cm³/mol. The van der Waals surface area contributed by atoms with Crippen molar-refractivity contribution < 1.29 is 14.7 Å². The van der Waals surface area contributed by atoms with Gasteiger partial charge >= 0.3 is 5.97 Å². The number of carbonyl (C=O) groups is 2. The van der Waals surface area contributed by atoms with E-state index < -0.39 is 18.2 Å². The molecule has 1 N–H and O–H groups in total. The smallest absolute Gasteiger partial charge is 0.311 e. The van der Waals surface area contributed by atoms with Crippen molar-refractivity contribution in [2.45, 2.75) is 6.42 Å². The second kappa shape index (κ2) is 4.44. The molecule has 1 rings (SSSR count). The van der Waals surface area contributed by atoms with Gasteiger partial charge in [-0.05, 0) is 18.2 Å². The number of ketones is 1. The van der Waals surface area contributed by atoms with E-state index in [-0.39, 0.29) is 10.6 Å². The number of hydrogen-bond donors (Lipinski definition) is 1. The summed E-state index contributed by atoms with van der Waals surface area (Å²) in [5.41, 5.74) is 0.140. The molecule has 1 aromatic rings. The molecule has 0 saturated heterocycles. The molecule has 0 unspecified atom stereocenters. The molecule has 0 spiro atoms. The lowest BCUT2D eigenvalue weighted by atomic mass is 10.1. The normalized spacial score (nSPS) is 9.86. The second-order valence-electron chi connectivity index (χ2n) is 2.62. The topological polar surface area (TPSA) is 54.4 Å². The number of carboxylic acids is 1. The van der Waals surface area contributed by atoms with Gasteiger partial charge in [-0.1, -0.05) is 23.2 Å². The van der Waals surface area contributed by atoms with Gasteiger partial charge in [0, 0.05) is 10.6 Å². The molecule has 0 aliphatic heterocycles. The molecule has 0 atom stereocenters. The highest BCUT2D eigenvalue weighted by Gasteiger charge is 2.14. The minimum Gasteiger partial charge on any atom is -0.481 e. The minimum atomic E-state index is -1.19. The van der Waals surface area contributed by atoms with Gasteiger partial charge in [0.05, 0.1) is 5.02 Å². The van der Waals surface area contributed by atoms with E-state index in [1.54, 1.807) is 0 Å². The number of benzene rings is 1. The fourth-order valence-corrected chi connectivity index (χ4v) is 1.34. The second-order valence-corrected chi connectivity index (χ2v) is 3.46. The number of carboxylic acid groups (broad SMARTS) is 1. The third-order valence-corrected chi connectivity index (χ3v) is 2.11. The number of carbonyl (C=O) groups excluding carboxylic acids is 1. The van der Waals surface area contributed by atoms with Crippen LogP contribution in [0.4, 0.5) is 0 Å². The van der Waals surface area contributed by atoms with E-state index >= 15 is 0 Å². The minimum absolute atomic E-state index is 0.140. The predicted octanol–water partition coefficient (Wildman–Crippen LogP) is 2.65. The Morgan fingerprint density at radius 2 is 1.93 bits per heavy atom. The fourth-order valence-electron chi connectivity index (χ4n) is 0.944. The number of rotatable bonds is 3. The zero-order valence-electron chi connectivity index (χ0n) is 6.96. The first-order chi connectivity index (χ1) is 6.50. The van der Waals surface area contributed by atoms with Gasteiger partial charge in [-0.3, -0.25) is 9.59 Å². The van der Waals surface area contributed by atoms with Crippen molar-refractivity contribution in [3.8, 4) is 0 Å². The van der Waals surface area contributed by atoms with Gasteiger partial charge in [0.1, 0.15) is 6.42 Å². The van der Waals surface area contributed by atoms with E-state index in [2.05, 4.69) is 0 Å². The van der Waals surface area contributed by atoms with Crippen molar-refractivity contribution in [2.24, 2.45) is 0 Å². The van der Waals surface area contributed by atoms with Crippen molar-refractivity contribution >= 4 is 35.0 Å². The third-order valence-electron chi connectivity index (χ3n) is 1.54. The van der Waals surface area contributed by atoms with E-state index in [9.17, 15) is 9.59 Å². The Morgan fingerprint density at radius 3 is 2.50 bits per heavy atom. The maximum Gasteiger partial charge on any atom is 0.311 e. The van der Waals surface area contributed by atoms with E-state index in [4.69, 9.17) is 28.3 Å². The Kier molecular flexibility index (Phi) is 3.49. The summed E-state index contributed by atoms with van der Waals surface area (Å²) >= 11 is 11.3. The molecule has 0 bridgehead atoms. The maximum absolute atomic E-state index is 11.3. The summed E-state index contributed by atoms with van der Waals surface area (Å²) in [5.74, 6) is -1.74. The zero-order chi connectivity index (χ0) is 10.7. The van der Waals surface area contributed by atoms with E-state index in [0.29, 0.717) is 5.02 Å². The van der Waals surface area contributed by atoms with Crippen molar-refractivity contribution in [3.63, 3.8) is 0 Å². The van der Waals surface area contributed by atoms with Gasteiger partial charge in [0.25, 0.3) is 0 Å². The average Bonchev–Trinajstić information content (AvgIpc) is 2.08. The van der Waals surface area contributed by atoms with Crippen LogP contribution in [0.15, 0.2) is 18.2 Å². The highest BCUT2D eigenvalue weighted by molar-refractivity contribution is 6.36. The molecular weight excluding hydrogens is 227 g/mol.